The van der Waals surface area contributed by atoms with Crippen LogP contribution < -0.4 is 25.9 Å². The first-order valence-electron chi connectivity index (χ1n) is 29.7. The summed E-state index contributed by atoms with van der Waals surface area (Å²) in [7, 11) is 0. The SMILES string of the molecule is [2H]c1c(-c2c([2H])c([2H])c([2H])c3c2oc2c(-n4c5c([2H])c([2H])c([2H])c([2H])c5c5c([2H])c(-n6c7c([2H])c([2H])c([2H])c([2H])c7c7c([2H])c([2H])c([2H])c([2H])c76)c([2H])c([2H])c54)c([2H])c([2H])c([2H])c23)cc2c3c1Oc1ccccc1B3c1ccccc1O2. The molecule has 9 aromatic carbocycles. The fraction of sp³-hybridized carbons (Fsp3) is 0. The first kappa shape index (κ1) is 17.9. The van der Waals surface area contributed by atoms with Gasteiger partial charge in [0.25, 0.3) is 6.71 Å². The van der Waals surface area contributed by atoms with Gasteiger partial charge in [-0.3, -0.25) is 0 Å². The van der Waals surface area contributed by atoms with E-state index in [0.29, 0.717) is 17.0 Å². The van der Waals surface area contributed by atoms with Crippen molar-refractivity contribution in [2.75, 3.05) is 0 Å². The van der Waals surface area contributed by atoms with Crippen LogP contribution in [0.25, 0.3) is 88.1 Å². The van der Waals surface area contributed by atoms with E-state index in [0.717, 1.165) is 20.1 Å². The largest absolute Gasteiger partial charge is 0.458 e. The Morgan fingerprint density at radius 1 is 0.450 bits per heavy atom. The average molecular weight is 789 g/mol. The molecule has 0 aliphatic carbocycles. The topological polar surface area (TPSA) is 41.5 Å². The molecule has 0 atom stereocenters. The van der Waals surface area contributed by atoms with Crippen LogP contribution in [0.1, 0.15) is 30.2 Å². The molecule has 2 aliphatic rings. The lowest BCUT2D eigenvalue weighted by Crippen LogP contribution is -2.57. The summed E-state index contributed by atoms with van der Waals surface area (Å²) in [5.74, 6) is 1.17. The van der Waals surface area contributed by atoms with Crippen LogP contribution in [0.15, 0.2) is 192 Å². The second kappa shape index (κ2) is 11.8. The Kier molecular flexibility index (Phi) is 3.52. The van der Waals surface area contributed by atoms with Crippen LogP contribution in [0.4, 0.5) is 0 Å². The molecule has 0 fully saturated rings. The highest BCUT2D eigenvalue weighted by atomic mass is 16.5. The molecular weight excluding hydrogens is 735 g/mol. The van der Waals surface area contributed by atoms with Gasteiger partial charge in [-0.15, -0.1) is 0 Å². The maximum Gasteiger partial charge on any atom is 0.260 e. The van der Waals surface area contributed by atoms with Crippen LogP contribution in [0.2, 0.25) is 0 Å². The molecule has 14 rings (SSSR count). The number of furan rings is 1. The van der Waals surface area contributed by atoms with E-state index < -0.39 is 205 Å². The van der Waals surface area contributed by atoms with E-state index in [2.05, 4.69) is 0 Å². The Balaban J connectivity index is 1.13. The minimum Gasteiger partial charge on any atom is -0.458 e. The van der Waals surface area contributed by atoms with E-state index in [4.69, 9.17) is 27.6 Å². The van der Waals surface area contributed by atoms with Gasteiger partial charge in [-0.25, -0.2) is 0 Å². The summed E-state index contributed by atoms with van der Waals surface area (Å²) in [5, 5.41) is -2.63. The smallest absolute Gasteiger partial charge is 0.260 e. The van der Waals surface area contributed by atoms with Gasteiger partial charge >= 0.3 is 0 Å². The zero-order valence-electron chi connectivity index (χ0n) is 52.4. The highest BCUT2D eigenvalue weighted by molar-refractivity contribution is 6.98. The molecule has 6 heteroatoms. The summed E-state index contributed by atoms with van der Waals surface area (Å²) in [4.78, 5) is 0. The molecule has 2 aliphatic heterocycles. The summed E-state index contributed by atoms with van der Waals surface area (Å²) < 4.78 is 225. The minimum atomic E-state index is -0.948. The summed E-state index contributed by atoms with van der Waals surface area (Å²) in [5.41, 5.74) is -2.75. The number of aromatic nitrogens is 2. The Morgan fingerprint density at radius 3 is 1.73 bits per heavy atom. The molecule has 0 saturated heterocycles. The van der Waals surface area contributed by atoms with Gasteiger partial charge in [0.15, 0.2) is 5.58 Å². The Labute approximate surface area is 374 Å². The third-order valence-corrected chi connectivity index (χ3v) is 11.2. The molecule has 0 saturated carbocycles. The van der Waals surface area contributed by atoms with Crippen molar-refractivity contribution in [3.8, 4) is 45.5 Å². The van der Waals surface area contributed by atoms with E-state index in [9.17, 15) is 16.4 Å². The molecule has 12 aromatic rings. The molecule has 0 radical (unpaired) electrons. The maximum absolute atomic E-state index is 10.1. The molecule has 0 N–H and O–H groups in total. The highest BCUT2D eigenvalue weighted by Gasteiger charge is 2.40. The molecule has 0 unspecified atom stereocenters. The average Bonchev–Trinajstić information content (AvgIpc) is 4.12. The predicted molar refractivity (Wildman–Crippen MR) is 246 cm³/mol. The van der Waals surface area contributed by atoms with Crippen molar-refractivity contribution in [1.82, 2.24) is 9.13 Å². The molecular formula is C54H31BN2O3. The normalized spacial score (nSPS) is 18.0. The molecule has 0 amide bonds. The van der Waals surface area contributed by atoms with Gasteiger partial charge in [-0.2, -0.15) is 0 Å². The lowest BCUT2D eigenvalue weighted by Gasteiger charge is -2.33. The molecule has 3 aromatic heterocycles. The van der Waals surface area contributed by atoms with Gasteiger partial charge < -0.3 is 23.0 Å². The number of fused-ring (bicyclic) bond motifs is 13. The molecule has 5 nitrogen and oxygen atoms in total. The Morgan fingerprint density at radius 2 is 1.02 bits per heavy atom. The monoisotopic (exact) mass is 788 g/mol. The van der Waals surface area contributed by atoms with Crippen molar-refractivity contribution in [2.24, 2.45) is 0 Å². The number of hydrogen-bond acceptors (Lipinski definition) is 3. The van der Waals surface area contributed by atoms with E-state index >= 15 is 0 Å². The van der Waals surface area contributed by atoms with Crippen molar-refractivity contribution in [3.05, 3.63) is 188 Å². The second-order valence-corrected chi connectivity index (χ2v) is 14.3. The van der Waals surface area contributed by atoms with Crippen LogP contribution in [-0.2, 0) is 0 Å². The van der Waals surface area contributed by atoms with Gasteiger partial charge in [-0.05, 0) is 83.0 Å². The van der Waals surface area contributed by atoms with E-state index in [1.54, 1.807) is 24.3 Å². The number of ether oxygens (including phenoxy) is 2. The third-order valence-electron chi connectivity index (χ3n) is 11.2. The molecule has 0 spiro atoms. The number of nitrogens with zero attached hydrogens (tertiary/aromatic N) is 2. The fourth-order valence-electron chi connectivity index (χ4n) is 8.72. The first-order valence-corrected chi connectivity index (χ1v) is 18.7. The zero-order chi connectivity index (χ0) is 58.2. The maximum atomic E-state index is 10.1. The third kappa shape index (κ3) is 4.26. The quantitative estimate of drug-likeness (QED) is 0.167. The summed E-state index contributed by atoms with van der Waals surface area (Å²) in [6.07, 6.45) is 0. The van der Waals surface area contributed by atoms with E-state index in [1.807, 2.05) is 24.3 Å². The Bertz CT molecular complexity index is 5020. The summed E-state index contributed by atoms with van der Waals surface area (Å²) in [6, 6.07) is -1.07. The summed E-state index contributed by atoms with van der Waals surface area (Å²) in [6.45, 7) is -0.471. The lowest BCUT2D eigenvalue weighted by atomic mass is 9.35. The van der Waals surface area contributed by atoms with Crippen LogP contribution in [0, 0.1) is 0 Å². The minimum absolute atomic E-state index is 0.0420. The van der Waals surface area contributed by atoms with Gasteiger partial charge in [-0.1, -0.05) is 121 Å². The van der Waals surface area contributed by atoms with Gasteiger partial charge in [0.05, 0.1) is 57.9 Å². The molecule has 60 heavy (non-hydrogen) atoms. The standard InChI is InChI=1S/C54H31BN2O3/c1-6-21-43-35(13-1)36-14-2-7-22-44(36)56(43)33-27-28-46-40(31-33)37-15-3-8-23-45(37)57(46)47-24-12-18-39-38-17-11-16-34(53(38)60-54(39)47)32-29-50-52-51(30-32)59-49-26-10-5-20-42(49)55(52)41-19-4-9-25-48(41)58-50/h1-31H/i1D,2D,3D,6D,7D,8D,11D,12D,13D,14D,15D,16D,17D,18D,21D,22D,23D,24D,27D,28D,29D,31D. The highest BCUT2D eigenvalue weighted by Crippen LogP contribution is 2.44. The van der Waals surface area contributed by atoms with E-state index in [-0.39, 0.29) is 34.1 Å². The Hall–Kier alpha value is -7.96. The molecule has 0 bridgehead atoms. The number of hydrogen-bond donors (Lipinski definition) is 0. The number of para-hydroxylation sites is 7. The van der Waals surface area contributed by atoms with Gasteiger partial charge in [0.2, 0.25) is 0 Å². The zero-order valence-corrected chi connectivity index (χ0v) is 30.4. The van der Waals surface area contributed by atoms with Crippen LogP contribution in [0.5, 0.6) is 23.0 Å². The number of benzene rings is 9. The number of rotatable bonds is 3. The van der Waals surface area contributed by atoms with Crippen molar-refractivity contribution >= 4 is 88.7 Å². The fourth-order valence-corrected chi connectivity index (χ4v) is 8.72. The van der Waals surface area contributed by atoms with Crippen LogP contribution in [-0.4, -0.2) is 15.8 Å². The van der Waals surface area contributed by atoms with Crippen molar-refractivity contribution in [2.45, 2.75) is 0 Å². The van der Waals surface area contributed by atoms with Crippen molar-refractivity contribution in [3.63, 3.8) is 0 Å². The van der Waals surface area contributed by atoms with Crippen molar-refractivity contribution < 1.29 is 44.0 Å². The lowest BCUT2D eigenvalue weighted by molar-refractivity contribution is 0.465. The summed E-state index contributed by atoms with van der Waals surface area (Å²) >= 11 is 0. The van der Waals surface area contributed by atoms with Crippen molar-refractivity contribution in [1.29, 1.82) is 0 Å². The van der Waals surface area contributed by atoms with Gasteiger partial charge in [0.1, 0.15) is 28.6 Å². The van der Waals surface area contributed by atoms with Crippen LogP contribution in [0.3, 0.4) is 0 Å². The first-order chi connectivity index (χ1) is 38.9. The van der Waals surface area contributed by atoms with Gasteiger partial charge in [0, 0.05) is 49.0 Å². The predicted octanol–water partition coefficient (Wildman–Crippen LogP) is 12.2. The molecule has 5 heterocycles. The van der Waals surface area contributed by atoms with E-state index in [1.165, 1.54) is 6.07 Å². The van der Waals surface area contributed by atoms with Crippen LogP contribution >= 0.6 is 0 Å². The second-order valence-electron chi connectivity index (χ2n) is 14.3. The molecule has 278 valence electrons.